The maximum absolute atomic E-state index is 12.7. The molecule has 15 heavy (non-hydrogen) atoms. The van der Waals surface area contributed by atoms with Crippen LogP contribution in [0.4, 0.5) is 4.39 Å². The number of ether oxygens (including phenoxy) is 1. The van der Waals surface area contributed by atoms with Gasteiger partial charge in [0.15, 0.2) is 0 Å². The maximum atomic E-state index is 12.7. The SMILES string of the molecule is OCc1cc(F)ccc1OCC(O)CO. The normalized spacial score (nSPS) is 12.5. The molecule has 1 unspecified atom stereocenters. The monoisotopic (exact) mass is 216 g/mol. The van der Waals surface area contributed by atoms with Gasteiger partial charge in [-0.05, 0) is 18.2 Å². The zero-order chi connectivity index (χ0) is 11.3. The van der Waals surface area contributed by atoms with Gasteiger partial charge in [0.2, 0.25) is 0 Å². The Kier molecular flexibility index (Phi) is 4.48. The minimum Gasteiger partial charge on any atom is -0.490 e. The molecule has 84 valence electrons. The first-order valence-corrected chi connectivity index (χ1v) is 4.48. The van der Waals surface area contributed by atoms with Crippen LogP contribution >= 0.6 is 0 Å². The summed E-state index contributed by atoms with van der Waals surface area (Å²) in [5, 5.41) is 26.5. The van der Waals surface area contributed by atoms with E-state index in [2.05, 4.69) is 0 Å². The summed E-state index contributed by atoms with van der Waals surface area (Å²) >= 11 is 0. The molecule has 1 aromatic carbocycles. The smallest absolute Gasteiger partial charge is 0.125 e. The van der Waals surface area contributed by atoms with Gasteiger partial charge in [-0.15, -0.1) is 0 Å². The molecule has 1 aromatic rings. The van der Waals surface area contributed by atoms with Crippen molar-refractivity contribution in [3.05, 3.63) is 29.6 Å². The average Bonchev–Trinajstić information content (AvgIpc) is 2.26. The summed E-state index contributed by atoms with van der Waals surface area (Å²) in [5.74, 6) is -0.166. The van der Waals surface area contributed by atoms with Crippen molar-refractivity contribution in [1.82, 2.24) is 0 Å². The predicted octanol–water partition coefficient (Wildman–Crippen LogP) is 0.0500. The number of aliphatic hydroxyl groups excluding tert-OH is 3. The highest BCUT2D eigenvalue weighted by molar-refractivity contribution is 5.33. The molecule has 0 aliphatic carbocycles. The van der Waals surface area contributed by atoms with Crippen molar-refractivity contribution in [2.24, 2.45) is 0 Å². The van der Waals surface area contributed by atoms with Crippen molar-refractivity contribution >= 4 is 0 Å². The second-order valence-corrected chi connectivity index (χ2v) is 3.06. The molecule has 0 spiro atoms. The van der Waals surface area contributed by atoms with Crippen molar-refractivity contribution in [3.63, 3.8) is 0 Å². The Labute approximate surface area is 86.6 Å². The number of rotatable bonds is 5. The molecule has 3 N–H and O–H groups in total. The van der Waals surface area contributed by atoms with Crippen molar-refractivity contribution in [2.75, 3.05) is 13.2 Å². The molecule has 0 amide bonds. The summed E-state index contributed by atoms with van der Waals surface area (Å²) < 4.78 is 17.8. The van der Waals surface area contributed by atoms with Gasteiger partial charge in [0.25, 0.3) is 0 Å². The highest BCUT2D eigenvalue weighted by Crippen LogP contribution is 2.19. The molecule has 1 atom stereocenters. The highest BCUT2D eigenvalue weighted by atomic mass is 19.1. The van der Waals surface area contributed by atoms with Crippen molar-refractivity contribution < 1.29 is 24.4 Å². The highest BCUT2D eigenvalue weighted by Gasteiger charge is 2.07. The maximum Gasteiger partial charge on any atom is 0.125 e. The Morgan fingerprint density at radius 1 is 1.33 bits per heavy atom. The van der Waals surface area contributed by atoms with Gasteiger partial charge in [-0.3, -0.25) is 0 Å². The topological polar surface area (TPSA) is 69.9 Å². The molecule has 0 saturated heterocycles. The van der Waals surface area contributed by atoms with E-state index < -0.39 is 18.5 Å². The van der Waals surface area contributed by atoms with Gasteiger partial charge < -0.3 is 20.1 Å². The Morgan fingerprint density at radius 3 is 2.67 bits per heavy atom. The lowest BCUT2D eigenvalue weighted by molar-refractivity contribution is 0.0528. The summed E-state index contributed by atoms with van der Waals surface area (Å²) in [4.78, 5) is 0. The van der Waals surface area contributed by atoms with E-state index in [0.717, 1.165) is 6.07 Å². The van der Waals surface area contributed by atoms with Crippen LogP contribution in [-0.4, -0.2) is 34.6 Å². The van der Waals surface area contributed by atoms with Crippen LogP contribution in [-0.2, 0) is 6.61 Å². The first-order valence-electron chi connectivity index (χ1n) is 4.48. The largest absolute Gasteiger partial charge is 0.490 e. The molecule has 4 nitrogen and oxygen atoms in total. The zero-order valence-electron chi connectivity index (χ0n) is 8.06. The first-order chi connectivity index (χ1) is 7.17. The van der Waals surface area contributed by atoms with Crippen LogP contribution in [0.15, 0.2) is 18.2 Å². The summed E-state index contributed by atoms with van der Waals surface area (Å²) in [5.41, 5.74) is 0.306. The lowest BCUT2D eigenvalue weighted by Crippen LogP contribution is -2.21. The van der Waals surface area contributed by atoms with Crippen molar-refractivity contribution in [2.45, 2.75) is 12.7 Å². The lowest BCUT2D eigenvalue weighted by Gasteiger charge is -2.12. The molecule has 0 aliphatic heterocycles. The summed E-state index contributed by atoms with van der Waals surface area (Å²) in [6.07, 6.45) is -0.985. The van der Waals surface area contributed by atoms with Crippen LogP contribution in [0.2, 0.25) is 0 Å². The fourth-order valence-corrected chi connectivity index (χ4v) is 1.05. The quantitative estimate of drug-likeness (QED) is 0.650. The number of benzene rings is 1. The summed E-state index contributed by atoms with van der Waals surface area (Å²) in [6.45, 7) is -0.854. The zero-order valence-corrected chi connectivity index (χ0v) is 8.06. The number of hydrogen-bond acceptors (Lipinski definition) is 4. The number of aliphatic hydroxyl groups is 3. The Bertz CT molecular complexity index is 316. The van der Waals surface area contributed by atoms with Gasteiger partial charge in [-0.2, -0.15) is 0 Å². The first kappa shape index (κ1) is 11.9. The molecule has 0 fully saturated rings. The van der Waals surface area contributed by atoms with Gasteiger partial charge in [0.05, 0.1) is 13.2 Å². The van der Waals surface area contributed by atoms with Gasteiger partial charge in [0, 0.05) is 5.56 Å². The average molecular weight is 216 g/mol. The van der Waals surface area contributed by atoms with Gasteiger partial charge >= 0.3 is 0 Å². The minimum absolute atomic E-state index is 0.102. The van der Waals surface area contributed by atoms with E-state index in [-0.39, 0.29) is 13.2 Å². The van der Waals surface area contributed by atoms with Crippen LogP contribution in [0.5, 0.6) is 5.75 Å². The number of halogens is 1. The van der Waals surface area contributed by atoms with Crippen molar-refractivity contribution in [3.8, 4) is 5.75 Å². The predicted molar refractivity (Wildman–Crippen MR) is 50.9 cm³/mol. The van der Waals surface area contributed by atoms with Crippen LogP contribution in [0.3, 0.4) is 0 Å². The summed E-state index contributed by atoms with van der Waals surface area (Å²) in [7, 11) is 0. The van der Waals surface area contributed by atoms with Gasteiger partial charge in [-0.1, -0.05) is 0 Å². The lowest BCUT2D eigenvalue weighted by atomic mass is 10.2. The van der Waals surface area contributed by atoms with Crippen LogP contribution in [0.25, 0.3) is 0 Å². The summed E-state index contributed by atoms with van der Waals surface area (Å²) in [6, 6.07) is 3.71. The molecule has 0 bridgehead atoms. The third kappa shape index (κ3) is 3.47. The van der Waals surface area contributed by atoms with Crippen LogP contribution in [0, 0.1) is 5.82 Å². The third-order valence-corrected chi connectivity index (χ3v) is 1.83. The van der Waals surface area contributed by atoms with Gasteiger partial charge in [0.1, 0.15) is 24.3 Å². The fraction of sp³-hybridized carbons (Fsp3) is 0.400. The van der Waals surface area contributed by atoms with E-state index in [9.17, 15) is 4.39 Å². The Balaban J connectivity index is 2.67. The third-order valence-electron chi connectivity index (χ3n) is 1.83. The molecular formula is C10H13FO4. The van der Waals surface area contributed by atoms with E-state index in [0.29, 0.717) is 11.3 Å². The van der Waals surface area contributed by atoms with Crippen LogP contribution < -0.4 is 4.74 Å². The fourth-order valence-electron chi connectivity index (χ4n) is 1.05. The standard InChI is InChI=1S/C10H13FO4/c11-8-1-2-10(7(3-8)4-12)15-6-9(14)5-13/h1-3,9,12-14H,4-6H2. The molecule has 0 heterocycles. The van der Waals surface area contributed by atoms with E-state index in [1.165, 1.54) is 12.1 Å². The van der Waals surface area contributed by atoms with Gasteiger partial charge in [-0.25, -0.2) is 4.39 Å². The molecule has 0 saturated carbocycles. The molecule has 5 heteroatoms. The molecule has 0 aliphatic rings. The van der Waals surface area contributed by atoms with E-state index >= 15 is 0 Å². The van der Waals surface area contributed by atoms with E-state index in [1.54, 1.807) is 0 Å². The number of hydrogen-bond donors (Lipinski definition) is 3. The molecule has 1 rings (SSSR count). The Morgan fingerprint density at radius 2 is 2.07 bits per heavy atom. The van der Waals surface area contributed by atoms with Crippen LogP contribution in [0.1, 0.15) is 5.56 Å². The molecule has 0 radical (unpaired) electrons. The van der Waals surface area contributed by atoms with Crippen molar-refractivity contribution in [1.29, 1.82) is 0 Å². The minimum atomic E-state index is -0.985. The Hall–Kier alpha value is -1.17. The molecule has 0 aromatic heterocycles. The second kappa shape index (κ2) is 5.65. The second-order valence-electron chi connectivity index (χ2n) is 3.06. The van der Waals surface area contributed by atoms with E-state index in [1.807, 2.05) is 0 Å². The molecular weight excluding hydrogens is 203 g/mol. The van der Waals surface area contributed by atoms with E-state index in [4.69, 9.17) is 20.1 Å².